The number of aliphatic imine (C=N–C) groups is 3. The average Bonchev–Trinajstić information content (AvgIpc) is 3.72. The minimum absolute atomic E-state index is 0.105. The molecule has 2 unspecified atom stereocenters. The standard InChI is InChI=1S/C11H13NO2S.C11H11NO2S.C10H9NO4S.C10H11NO2S.C10H7NO2S.C9H9NS/c2*13-11(14)9-7-15-10(12-9)6-8-4-2-1-3-5-8;12-10(13)8-6-16(14,15)9(11-8)7-4-2-1-3-5-7;2*12-10(13)8-6-14-9(11-8)7-4-2-1-3-5-7;1-2-4-8(5-3-1)9-10-6-7-11-9/h1-5,9-10,12H,6-7H2,(H,13,14);1-5,9H,6-7H2,(H,13,14);1-5,8H,6H2,(H,12,13);1-5,8-9,11H,6H2,(H,12,13);1-6H,(H,12,13);1-5H,6-7H2/t9-,10?;9-;8-;8-,9?;;/m0000../s1. The Morgan fingerprint density at radius 1 is 0.541 bits per heavy atom. The first-order chi connectivity index (χ1) is 41.0. The highest BCUT2D eigenvalue weighted by Gasteiger charge is 2.37. The number of sulfone groups is 1. The molecule has 7 aromatic rings. The molecule has 6 heterocycles. The lowest BCUT2D eigenvalue weighted by Gasteiger charge is -2.10. The largest absolute Gasteiger partial charge is 0.480 e. The molecule has 442 valence electrons. The van der Waals surface area contributed by atoms with E-state index in [9.17, 15) is 32.4 Å². The van der Waals surface area contributed by atoms with Crippen LogP contribution >= 0.6 is 58.4 Å². The number of thiazole rings is 1. The summed E-state index contributed by atoms with van der Waals surface area (Å²) in [6.07, 6.45) is 1.63. The molecule has 2 saturated heterocycles. The molecule has 0 amide bonds. The predicted octanol–water partition coefficient (Wildman–Crippen LogP) is 9.65. The summed E-state index contributed by atoms with van der Waals surface area (Å²) < 4.78 is 23.4. The quantitative estimate of drug-likeness (QED) is 0.0565. The number of carbonyl (C=O) groups is 5. The monoisotopic (exact) mass is 1260 g/mol. The van der Waals surface area contributed by atoms with Gasteiger partial charge < -0.3 is 25.5 Å². The topological polar surface area (TPSA) is 295 Å². The van der Waals surface area contributed by atoms with Crippen LogP contribution in [0.1, 0.15) is 43.7 Å². The Balaban J connectivity index is 0.000000147. The number of rotatable bonds is 13. The van der Waals surface area contributed by atoms with Crippen LogP contribution < -0.4 is 10.6 Å². The minimum atomic E-state index is -3.57. The van der Waals surface area contributed by atoms with Gasteiger partial charge in [-0.25, -0.2) is 27.8 Å². The first-order valence-corrected chi connectivity index (χ1v) is 32.9. The third-order valence-electron chi connectivity index (χ3n) is 12.4. The van der Waals surface area contributed by atoms with E-state index in [0.29, 0.717) is 22.8 Å². The van der Waals surface area contributed by atoms with Crippen molar-refractivity contribution in [2.24, 2.45) is 15.0 Å². The van der Waals surface area contributed by atoms with Crippen molar-refractivity contribution in [2.45, 2.75) is 47.8 Å². The van der Waals surface area contributed by atoms with E-state index in [1.807, 2.05) is 127 Å². The fraction of sp³-hybridized carbons (Fsp3) is 0.230. The highest BCUT2D eigenvalue weighted by Crippen LogP contribution is 2.32. The molecule has 2 fully saturated rings. The van der Waals surface area contributed by atoms with Gasteiger partial charge in [0.1, 0.15) is 17.1 Å². The van der Waals surface area contributed by atoms with E-state index in [1.165, 1.54) is 33.1 Å². The number of carboxylic acid groups (broad SMARTS) is 5. The molecule has 6 aromatic carbocycles. The van der Waals surface area contributed by atoms with Crippen LogP contribution in [0.5, 0.6) is 0 Å². The smallest absolute Gasteiger partial charge is 0.355 e. The Bertz CT molecular complexity index is 3520. The number of hydrogen-bond acceptors (Lipinski definition) is 18. The first-order valence-electron chi connectivity index (χ1n) is 26.3. The first kappa shape index (κ1) is 65.1. The Labute approximate surface area is 512 Å². The van der Waals surface area contributed by atoms with Gasteiger partial charge in [-0.1, -0.05) is 182 Å². The summed E-state index contributed by atoms with van der Waals surface area (Å²) in [6, 6.07) is 55.7. The lowest BCUT2D eigenvalue weighted by atomic mass is 10.1. The van der Waals surface area contributed by atoms with Crippen LogP contribution in [-0.4, -0.2) is 149 Å². The number of aromatic carboxylic acids is 1. The third kappa shape index (κ3) is 21.0. The predicted molar refractivity (Wildman–Crippen MR) is 342 cm³/mol. The van der Waals surface area contributed by atoms with E-state index >= 15 is 0 Å². The number of hydrogen-bond donors (Lipinski definition) is 7. The van der Waals surface area contributed by atoms with Gasteiger partial charge in [0.25, 0.3) is 0 Å². The molecule has 5 aliphatic heterocycles. The molecular formula is C61H60N6O12S6. The molecule has 0 radical (unpaired) electrons. The van der Waals surface area contributed by atoms with Gasteiger partial charge in [-0.3, -0.25) is 35.2 Å². The molecule has 0 saturated carbocycles. The number of benzene rings is 6. The van der Waals surface area contributed by atoms with Crippen LogP contribution in [0.3, 0.4) is 0 Å². The maximum Gasteiger partial charge on any atom is 0.355 e. The number of aromatic nitrogens is 1. The average molecular weight is 1260 g/mol. The molecule has 24 heteroatoms. The summed E-state index contributed by atoms with van der Waals surface area (Å²) in [4.78, 5) is 69.7. The van der Waals surface area contributed by atoms with Gasteiger partial charge >= 0.3 is 29.8 Å². The molecule has 18 nitrogen and oxygen atoms in total. The Morgan fingerprint density at radius 2 is 1.06 bits per heavy atom. The number of nitrogens with zero attached hydrogens (tertiary/aromatic N) is 4. The van der Waals surface area contributed by atoms with Crippen molar-refractivity contribution in [1.29, 1.82) is 0 Å². The van der Waals surface area contributed by atoms with Gasteiger partial charge in [0.15, 0.2) is 32.7 Å². The molecule has 7 N–H and O–H groups in total. The van der Waals surface area contributed by atoms with Crippen LogP contribution in [0.25, 0.3) is 10.6 Å². The van der Waals surface area contributed by atoms with Crippen molar-refractivity contribution in [3.05, 3.63) is 221 Å². The minimum Gasteiger partial charge on any atom is -0.480 e. The van der Waals surface area contributed by atoms with Gasteiger partial charge in [0, 0.05) is 58.0 Å². The van der Waals surface area contributed by atoms with Gasteiger partial charge in [0.05, 0.1) is 26.6 Å². The van der Waals surface area contributed by atoms with E-state index in [0.717, 1.165) is 46.3 Å². The normalized spacial score (nSPS) is 20.4. The number of nitrogens with one attached hydrogen (secondary N) is 2. The zero-order valence-corrected chi connectivity index (χ0v) is 50.2. The van der Waals surface area contributed by atoms with Gasteiger partial charge in [-0.15, -0.1) is 58.4 Å². The summed E-state index contributed by atoms with van der Waals surface area (Å²) in [6.45, 7) is 0.981. The zero-order valence-electron chi connectivity index (χ0n) is 45.4. The number of aliphatic carboxylic acids is 4. The second-order valence-electron chi connectivity index (χ2n) is 18.6. The Kier molecular flexibility index (Phi) is 25.5. The highest BCUT2D eigenvalue weighted by atomic mass is 32.2. The second kappa shape index (κ2) is 33.3. The fourth-order valence-corrected chi connectivity index (χ4v) is 14.9. The molecule has 85 heavy (non-hydrogen) atoms. The summed E-state index contributed by atoms with van der Waals surface area (Å²) in [5.74, 6) is -1.99. The van der Waals surface area contributed by atoms with Crippen LogP contribution in [0.4, 0.5) is 0 Å². The van der Waals surface area contributed by atoms with E-state index in [1.54, 1.807) is 71.0 Å². The summed E-state index contributed by atoms with van der Waals surface area (Å²) in [7, 11) is -3.57. The maximum atomic E-state index is 11.7. The number of thioether (sulfide) groups is 4. The van der Waals surface area contributed by atoms with Gasteiger partial charge in [-0.05, 0) is 23.1 Å². The van der Waals surface area contributed by atoms with E-state index in [-0.39, 0.29) is 27.5 Å². The van der Waals surface area contributed by atoms with E-state index in [2.05, 4.69) is 67.0 Å². The summed E-state index contributed by atoms with van der Waals surface area (Å²) in [5, 5.41) is 54.6. The van der Waals surface area contributed by atoms with Crippen LogP contribution in [-0.2, 0) is 41.9 Å². The van der Waals surface area contributed by atoms with E-state index in [4.69, 9.17) is 25.5 Å². The molecular weight excluding hydrogens is 1200 g/mol. The third-order valence-corrected chi connectivity index (χ3v) is 19.6. The molecule has 0 bridgehead atoms. The zero-order chi connectivity index (χ0) is 60.6. The van der Waals surface area contributed by atoms with Gasteiger partial charge in [-0.2, -0.15) is 0 Å². The molecule has 6 atom stereocenters. The second-order valence-corrected chi connectivity index (χ2v) is 26.0. The van der Waals surface area contributed by atoms with Crippen LogP contribution in [0, 0.1) is 0 Å². The molecule has 5 aliphatic rings. The van der Waals surface area contributed by atoms with E-state index < -0.39 is 63.6 Å². The summed E-state index contributed by atoms with van der Waals surface area (Å²) in [5.41, 5.74) is 6.31. The van der Waals surface area contributed by atoms with Crippen LogP contribution in [0.2, 0.25) is 0 Å². The van der Waals surface area contributed by atoms with Crippen molar-refractivity contribution in [3.63, 3.8) is 0 Å². The lowest BCUT2D eigenvalue weighted by Crippen LogP contribution is -2.37. The lowest BCUT2D eigenvalue weighted by molar-refractivity contribution is -0.139. The van der Waals surface area contributed by atoms with Gasteiger partial charge in [0.2, 0.25) is 0 Å². The van der Waals surface area contributed by atoms with Crippen LogP contribution in [0.15, 0.2) is 202 Å². The summed E-state index contributed by atoms with van der Waals surface area (Å²) >= 11 is 8.05. The number of carboxylic acids is 5. The fourth-order valence-electron chi connectivity index (χ4n) is 8.16. The molecule has 0 spiro atoms. The highest BCUT2D eigenvalue weighted by molar-refractivity contribution is 8.14. The molecule has 1 aromatic heterocycles. The molecule has 12 rings (SSSR count). The van der Waals surface area contributed by atoms with Crippen molar-refractivity contribution in [1.82, 2.24) is 15.6 Å². The Morgan fingerprint density at radius 3 is 1.54 bits per heavy atom. The SMILES string of the molecule is O=C(O)[C@@H]1CS(=O)(=O)C(c2ccccc2)=N1.O=C(O)[C@@H]1CSC(Cc2ccccc2)=N1.O=C(O)[C@@H]1CSC(Cc2ccccc2)N1.O=C(O)[C@@H]1CSC(c2ccccc2)N1.O=C(O)c1csc(-c2ccccc2)n1.c1ccc(C2=NCCS2)cc1. The van der Waals surface area contributed by atoms with Crippen molar-refractivity contribution < 1.29 is 57.9 Å². The Hall–Kier alpha value is -7.42. The van der Waals surface area contributed by atoms with Crippen molar-refractivity contribution in [2.75, 3.05) is 35.3 Å². The maximum absolute atomic E-state index is 11.7. The van der Waals surface area contributed by atoms with Crippen molar-refractivity contribution in [3.8, 4) is 10.6 Å². The van der Waals surface area contributed by atoms with Crippen molar-refractivity contribution >= 4 is 113 Å². The molecule has 0 aliphatic carbocycles.